The van der Waals surface area contributed by atoms with E-state index in [4.69, 9.17) is 9.47 Å². The number of hydrogen-bond donors (Lipinski definition) is 0. The molecule has 100 valence electrons. The zero-order valence-electron chi connectivity index (χ0n) is 10.2. The van der Waals surface area contributed by atoms with E-state index < -0.39 is 11.6 Å². The summed E-state index contributed by atoms with van der Waals surface area (Å²) in [6, 6.07) is 9.69. The summed E-state index contributed by atoms with van der Waals surface area (Å²) >= 11 is 2.20. The summed E-state index contributed by atoms with van der Waals surface area (Å²) in [5.74, 6) is -0.912. The second-order valence-corrected chi connectivity index (χ2v) is 5.73. The molecule has 3 rings (SSSR count). The number of alkyl halides is 1. The van der Waals surface area contributed by atoms with Gasteiger partial charge in [0, 0.05) is 17.3 Å². The van der Waals surface area contributed by atoms with E-state index in [-0.39, 0.29) is 24.4 Å². The van der Waals surface area contributed by atoms with Gasteiger partial charge in [-0.25, -0.2) is 4.79 Å². The van der Waals surface area contributed by atoms with Crippen molar-refractivity contribution in [2.45, 2.75) is 30.5 Å². The number of halogens is 1. The Balaban J connectivity index is 2.06. The highest BCUT2D eigenvalue weighted by atomic mass is 127. The van der Waals surface area contributed by atoms with Crippen LogP contribution in [0.3, 0.4) is 0 Å². The van der Waals surface area contributed by atoms with Gasteiger partial charge in [-0.3, -0.25) is 4.79 Å². The van der Waals surface area contributed by atoms with Crippen molar-refractivity contribution in [3.8, 4) is 0 Å². The molecular formula is C14H13IO4. The number of carbonyl (C=O) groups excluding carboxylic acids is 2. The molecule has 0 unspecified atom stereocenters. The molecule has 0 N–H and O–H groups in total. The molecule has 0 aromatic heterocycles. The lowest BCUT2D eigenvalue weighted by Gasteiger charge is -2.27. The smallest absolute Gasteiger partial charge is 0.351 e. The molecule has 3 atom stereocenters. The molecule has 2 aliphatic heterocycles. The summed E-state index contributed by atoms with van der Waals surface area (Å²) < 4.78 is 11.5. The number of esters is 2. The Kier molecular flexibility index (Phi) is 3.24. The molecule has 0 saturated carbocycles. The SMILES string of the molecule is O=C1CC[C@@]2(O1)C(=O)O[C@H](CI)[C@H]2c1ccccc1. The van der Waals surface area contributed by atoms with E-state index in [1.54, 1.807) is 0 Å². The zero-order valence-corrected chi connectivity index (χ0v) is 12.3. The Hall–Kier alpha value is -1.11. The summed E-state index contributed by atoms with van der Waals surface area (Å²) in [5, 5.41) is 0. The molecule has 2 saturated heterocycles. The first-order chi connectivity index (χ1) is 9.17. The topological polar surface area (TPSA) is 52.6 Å². The lowest BCUT2D eigenvalue weighted by molar-refractivity contribution is -0.165. The second kappa shape index (κ2) is 4.77. The zero-order chi connectivity index (χ0) is 13.5. The van der Waals surface area contributed by atoms with Crippen LogP contribution in [0.5, 0.6) is 0 Å². The molecule has 1 spiro atoms. The van der Waals surface area contributed by atoms with Crippen LogP contribution in [0.2, 0.25) is 0 Å². The minimum atomic E-state index is -1.10. The Morgan fingerprint density at radius 3 is 2.58 bits per heavy atom. The predicted octanol–water partition coefficient (Wildman–Crippen LogP) is 2.21. The number of benzene rings is 1. The summed E-state index contributed by atoms with van der Waals surface area (Å²) in [6.45, 7) is 0. The molecule has 5 heteroatoms. The Morgan fingerprint density at radius 2 is 2.00 bits per heavy atom. The molecule has 19 heavy (non-hydrogen) atoms. The number of carbonyl (C=O) groups is 2. The van der Waals surface area contributed by atoms with E-state index in [9.17, 15) is 9.59 Å². The van der Waals surface area contributed by atoms with Crippen LogP contribution in [0.4, 0.5) is 0 Å². The van der Waals surface area contributed by atoms with Gasteiger partial charge in [-0.05, 0) is 5.56 Å². The average Bonchev–Trinajstić information content (AvgIpc) is 2.94. The van der Waals surface area contributed by atoms with Crippen LogP contribution in [0.15, 0.2) is 30.3 Å². The molecule has 0 radical (unpaired) electrons. The highest BCUT2D eigenvalue weighted by molar-refractivity contribution is 14.1. The predicted molar refractivity (Wildman–Crippen MR) is 76.0 cm³/mol. The fourth-order valence-corrected chi connectivity index (χ4v) is 3.64. The Bertz CT molecular complexity index is 515. The molecule has 1 aromatic carbocycles. The van der Waals surface area contributed by atoms with E-state index in [2.05, 4.69) is 22.6 Å². The first-order valence-corrected chi connectivity index (χ1v) is 7.74. The summed E-state index contributed by atoms with van der Waals surface area (Å²) in [5.41, 5.74) is -0.112. The summed E-state index contributed by atoms with van der Waals surface area (Å²) in [7, 11) is 0. The molecule has 0 bridgehead atoms. The van der Waals surface area contributed by atoms with Crippen molar-refractivity contribution < 1.29 is 19.1 Å². The van der Waals surface area contributed by atoms with Crippen molar-refractivity contribution in [3.05, 3.63) is 35.9 Å². The van der Waals surface area contributed by atoms with Gasteiger partial charge in [-0.15, -0.1) is 0 Å². The van der Waals surface area contributed by atoms with Gasteiger partial charge in [0.1, 0.15) is 6.10 Å². The lowest BCUT2D eigenvalue weighted by atomic mass is 9.79. The Morgan fingerprint density at radius 1 is 1.26 bits per heavy atom. The highest BCUT2D eigenvalue weighted by Crippen LogP contribution is 2.48. The third kappa shape index (κ3) is 1.94. The number of cyclic esters (lactones) is 1. The normalized spacial score (nSPS) is 33.5. The van der Waals surface area contributed by atoms with E-state index in [1.807, 2.05) is 30.3 Å². The van der Waals surface area contributed by atoms with Crippen LogP contribution in [0.25, 0.3) is 0 Å². The largest absolute Gasteiger partial charge is 0.458 e. The maximum Gasteiger partial charge on any atom is 0.351 e. The molecule has 2 aliphatic rings. The van der Waals surface area contributed by atoms with Crippen molar-refractivity contribution in [2.75, 3.05) is 4.43 Å². The molecule has 2 heterocycles. The number of rotatable bonds is 2. The lowest BCUT2D eigenvalue weighted by Crippen LogP contribution is -2.40. The van der Waals surface area contributed by atoms with Gasteiger partial charge in [0.15, 0.2) is 0 Å². The Labute approximate surface area is 124 Å². The minimum absolute atomic E-state index is 0.204. The van der Waals surface area contributed by atoms with E-state index >= 15 is 0 Å². The van der Waals surface area contributed by atoms with Crippen LogP contribution in [-0.2, 0) is 19.1 Å². The van der Waals surface area contributed by atoms with Crippen molar-refractivity contribution in [1.29, 1.82) is 0 Å². The van der Waals surface area contributed by atoms with E-state index in [0.29, 0.717) is 10.8 Å². The van der Waals surface area contributed by atoms with Crippen LogP contribution in [-0.4, -0.2) is 28.1 Å². The quantitative estimate of drug-likeness (QED) is 0.454. The van der Waals surface area contributed by atoms with Crippen LogP contribution in [0, 0.1) is 0 Å². The third-order valence-electron chi connectivity index (χ3n) is 3.79. The van der Waals surface area contributed by atoms with Crippen molar-refractivity contribution in [3.63, 3.8) is 0 Å². The molecule has 2 fully saturated rings. The fraction of sp³-hybridized carbons (Fsp3) is 0.429. The van der Waals surface area contributed by atoms with Gasteiger partial charge < -0.3 is 9.47 Å². The van der Waals surface area contributed by atoms with Crippen LogP contribution < -0.4 is 0 Å². The van der Waals surface area contributed by atoms with Gasteiger partial charge in [0.2, 0.25) is 5.60 Å². The molecule has 1 aromatic rings. The van der Waals surface area contributed by atoms with Crippen molar-refractivity contribution in [2.24, 2.45) is 0 Å². The third-order valence-corrected chi connectivity index (χ3v) is 4.65. The van der Waals surface area contributed by atoms with Crippen LogP contribution in [0.1, 0.15) is 24.3 Å². The van der Waals surface area contributed by atoms with E-state index in [1.165, 1.54) is 0 Å². The summed E-state index contributed by atoms with van der Waals surface area (Å²) in [6.07, 6.45) is 0.463. The van der Waals surface area contributed by atoms with Gasteiger partial charge >= 0.3 is 11.9 Å². The monoisotopic (exact) mass is 372 g/mol. The maximum absolute atomic E-state index is 12.2. The maximum atomic E-state index is 12.2. The first kappa shape index (κ1) is 12.9. The van der Waals surface area contributed by atoms with Gasteiger partial charge in [0.05, 0.1) is 5.92 Å². The van der Waals surface area contributed by atoms with E-state index in [0.717, 1.165) is 5.56 Å². The fourth-order valence-electron chi connectivity index (χ4n) is 2.95. The summed E-state index contributed by atoms with van der Waals surface area (Å²) in [4.78, 5) is 23.7. The molecule has 4 nitrogen and oxygen atoms in total. The van der Waals surface area contributed by atoms with Gasteiger partial charge in [-0.1, -0.05) is 52.9 Å². The average molecular weight is 372 g/mol. The van der Waals surface area contributed by atoms with Crippen molar-refractivity contribution >= 4 is 34.5 Å². The highest BCUT2D eigenvalue weighted by Gasteiger charge is 2.62. The van der Waals surface area contributed by atoms with Gasteiger partial charge in [-0.2, -0.15) is 0 Å². The van der Waals surface area contributed by atoms with Crippen LogP contribution >= 0.6 is 22.6 Å². The molecule has 0 amide bonds. The first-order valence-electron chi connectivity index (χ1n) is 6.21. The molecule has 0 aliphatic carbocycles. The standard InChI is InChI=1S/C14H13IO4/c15-8-10-12(9-4-2-1-3-5-9)14(13(17)18-10)7-6-11(16)19-14/h1-5,10,12H,6-8H2/t10-,12-,14+/m1/s1. The van der Waals surface area contributed by atoms with Gasteiger partial charge in [0.25, 0.3) is 0 Å². The minimum Gasteiger partial charge on any atom is -0.458 e. The molecular weight excluding hydrogens is 359 g/mol. The van der Waals surface area contributed by atoms with Crippen molar-refractivity contribution in [1.82, 2.24) is 0 Å². The number of ether oxygens (including phenoxy) is 2. The second-order valence-electron chi connectivity index (χ2n) is 4.85. The number of hydrogen-bond acceptors (Lipinski definition) is 4.